The summed E-state index contributed by atoms with van der Waals surface area (Å²) in [5, 5.41) is 4.34. The molecule has 3 heterocycles. The van der Waals surface area contributed by atoms with Crippen molar-refractivity contribution in [2.24, 2.45) is 5.92 Å². The van der Waals surface area contributed by atoms with Crippen LogP contribution in [0.4, 0.5) is 5.82 Å². The molecule has 1 atom stereocenters. The highest BCUT2D eigenvalue weighted by Crippen LogP contribution is 2.33. The summed E-state index contributed by atoms with van der Waals surface area (Å²) < 4.78 is 6.10. The molecular weight excluding hydrogens is 364 g/mol. The van der Waals surface area contributed by atoms with Crippen molar-refractivity contribution in [3.63, 3.8) is 0 Å². The number of rotatable bonds is 3. The second kappa shape index (κ2) is 8.01. The van der Waals surface area contributed by atoms with E-state index in [2.05, 4.69) is 20.2 Å². The van der Waals surface area contributed by atoms with Crippen LogP contribution in [0.15, 0.2) is 35.0 Å². The lowest BCUT2D eigenvalue weighted by Crippen LogP contribution is -2.46. The van der Waals surface area contributed by atoms with Crippen molar-refractivity contribution in [1.82, 2.24) is 15.3 Å². The van der Waals surface area contributed by atoms with Gasteiger partial charge in [-0.1, -0.05) is 37.8 Å². The molecule has 6 heteroatoms. The van der Waals surface area contributed by atoms with Gasteiger partial charge in [-0.2, -0.15) is 0 Å². The molecule has 2 aliphatic rings. The van der Waals surface area contributed by atoms with Crippen LogP contribution in [0, 0.1) is 5.92 Å². The molecular formula is C23H28N4O2. The molecule has 2 fully saturated rings. The maximum absolute atomic E-state index is 13.0. The summed E-state index contributed by atoms with van der Waals surface area (Å²) in [6, 6.07) is 8.29. The van der Waals surface area contributed by atoms with Crippen molar-refractivity contribution in [2.45, 2.75) is 57.4 Å². The highest BCUT2D eigenvalue weighted by Gasteiger charge is 2.29. The minimum atomic E-state index is 0.00129. The number of para-hydroxylation sites is 1. The average Bonchev–Trinajstić information content (AvgIpc) is 2.95. The summed E-state index contributed by atoms with van der Waals surface area (Å²) in [5.41, 5.74) is 2.39. The van der Waals surface area contributed by atoms with Crippen LogP contribution in [0.2, 0.25) is 0 Å². The van der Waals surface area contributed by atoms with Gasteiger partial charge in [-0.15, -0.1) is 0 Å². The first kappa shape index (κ1) is 18.4. The highest BCUT2D eigenvalue weighted by molar-refractivity contribution is 6.05. The Morgan fingerprint density at radius 3 is 2.72 bits per heavy atom. The molecule has 152 valence electrons. The van der Waals surface area contributed by atoms with Crippen molar-refractivity contribution in [2.75, 3.05) is 18.0 Å². The minimum Gasteiger partial charge on any atom is -0.450 e. The number of furan rings is 1. The number of nitrogens with one attached hydrogen (secondary N) is 1. The number of nitrogens with zero attached hydrogens (tertiary/aromatic N) is 3. The molecule has 29 heavy (non-hydrogen) atoms. The summed E-state index contributed by atoms with van der Waals surface area (Å²) in [5.74, 6) is 1.01. The normalized spacial score (nSPS) is 21.4. The Bertz CT molecular complexity index is 1010. The van der Waals surface area contributed by atoms with Gasteiger partial charge < -0.3 is 14.6 Å². The molecule has 5 rings (SSSR count). The average molecular weight is 393 g/mol. The van der Waals surface area contributed by atoms with Crippen molar-refractivity contribution in [1.29, 1.82) is 0 Å². The van der Waals surface area contributed by atoms with Gasteiger partial charge in [0.05, 0.1) is 5.92 Å². The van der Waals surface area contributed by atoms with Crippen molar-refractivity contribution < 1.29 is 9.21 Å². The van der Waals surface area contributed by atoms with E-state index < -0.39 is 0 Å². The van der Waals surface area contributed by atoms with Crippen LogP contribution in [0.3, 0.4) is 0 Å². The number of hydrogen-bond donors (Lipinski definition) is 1. The van der Waals surface area contributed by atoms with Gasteiger partial charge in [-0.3, -0.25) is 4.79 Å². The molecule has 1 amide bonds. The van der Waals surface area contributed by atoms with Crippen LogP contribution in [-0.4, -0.2) is 35.0 Å². The summed E-state index contributed by atoms with van der Waals surface area (Å²) in [4.78, 5) is 24.2. The van der Waals surface area contributed by atoms with E-state index in [0.29, 0.717) is 12.6 Å². The van der Waals surface area contributed by atoms with E-state index in [1.54, 1.807) is 6.33 Å². The second-order valence-corrected chi connectivity index (χ2v) is 8.46. The fourth-order valence-corrected chi connectivity index (χ4v) is 4.86. The van der Waals surface area contributed by atoms with Gasteiger partial charge in [0, 0.05) is 24.5 Å². The first-order valence-corrected chi connectivity index (χ1v) is 11.0. The number of anilines is 1. The van der Waals surface area contributed by atoms with Crippen molar-refractivity contribution >= 4 is 33.8 Å². The first-order chi connectivity index (χ1) is 14.3. The van der Waals surface area contributed by atoms with E-state index in [4.69, 9.17) is 4.42 Å². The van der Waals surface area contributed by atoms with Crippen LogP contribution < -0.4 is 10.2 Å². The molecule has 1 aliphatic carbocycles. The molecule has 0 radical (unpaired) electrons. The fraction of sp³-hybridized carbons (Fsp3) is 0.522. The van der Waals surface area contributed by atoms with E-state index in [1.165, 1.54) is 25.7 Å². The van der Waals surface area contributed by atoms with Crippen molar-refractivity contribution in [3.05, 3.63) is 30.6 Å². The maximum Gasteiger partial charge on any atom is 0.225 e. The van der Waals surface area contributed by atoms with E-state index in [0.717, 1.165) is 60.1 Å². The number of carbonyl (C=O) groups is 1. The fourth-order valence-electron chi connectivity index (χ4n) is 4.86. The van der Waals surface area contributed by atoms with Crippen LogP contribution in [0.1, 0.15) is 51.4 Å². The Balaban J connectivity index is 1.36. The number of hydrogen-bond acceptors (Lipinski definition) is 5. The molecule has 0 spiro atoms. The standard InChI is InChI=1S/C23H28N4O2/c28-23(26-17-9-3-1-2-4-10-17)16-8-7-13-27(14-16)22-21-20(24-15-25-22)18-11-5-6-12-19(18)29-21/h5-6,11-12,15-17H,1-4,7-10,13-14H2,(H,26,28)/t16-/m1/s1. The van der Waals surface area contributed by atoms with Gasteiger partial charge in [0.15, 0.2) is 11.4 Å². The zero-order valence-electron chi connectivity index (χ0n) is 16.8. The quantitative estimate of drug-likeness (QED) is 0.668. The van der Waals surface area contributed by atoms with E-state index in [9.17, 15) is 4.79 Å². The third-order valence-electron chi connectivity index (χ3n) is 6.43. The van der Waals surface area contributed by atoms with Crippen LogP contribution in [0.25, 0.3) is 22.1 Å². The lowest BCUT2D eigenvalue weighted by molar-refractivity contribution is -0.126. The molecule has 1 aromatic carbocycles. The lowest BCUT2D eigenvalue weighted by atomic mass is 9.96. The number of aromatic nitrogens is 2. The predicted molar refractivity (Wildman–Crippen MR) is 114 cm³/mol. The molecule has 3 aromatic rings. The number of amides is 1. The zero-order chi connectivity index (χ0) is 19.6. The third kappa shape index (κ3) is 3.68. The molecule has 2 aromatic heterocycles. The summed E-state index contributed by atoms with van der Waals surface area (Å²) >= 11 is 0. The Kier molecular flexibility index (Phi) is 5.08. The third-order valence-corrected chi connectivity index (χ3v) is 6.43. The largest absolute Gasteiger partial charge is 0.450 e. The molecule has 1 saturated carbocycles. The van der Waals surface area contributed by atoms with Gasteiger partial charge >= 0.3 is 0 Å². The topological polar surface area (TPSA) is 71.3 Å². The molecule has 1 N–H and O–H groups in total. The van der Waals surface area contributed by atoms with Crippen LogP contribution in [-0.2, 0) is 4.79 Å². The number of benzene rings is 1. The Hall–Kier alpha value is -2.63. The monoisotopic (exact) mass is 392 g/mol. The highest BCUT2D eigenvalue weighted by atomic mass is 16.3. The number of fused-ring (bicyclic) bond motifs is 3. The Morgan fingerprint density at radius 2 is 1.86 bits per heavy atom. The molecule has 0 bridgehead atoms. The second-order valence-electron chi connectivity index (χ2n) is 8.46. The number of carbonyl (C=O) groups excluding carboxylic acids is 1. The number of piperidine rings is 1. The summed E-state index contributed by atoms with van der Waals surface area (Å²) in [6.45, 7) is 1.57. The Morgan fingerprint density at radius 1 is 1.03 bits per heavy atom. The van der Waals surface area contributed by atoms with E-state index in [1.807, 2.05) is 24.3 Å². The van der Waals surface area contributed by atoms with E-state index in [-0.39, 0.29) is 11.8 Å². The smallest absolute Gasteiger partial charge is 0.225 e. The molecule has 0 unspecified atom stereocenters. The van der Waals surface area contributed by atoms with E-state index >= 15 is 0 Å². The van der Waals surface area contributed by atoms with Gasteiger partial charge in [-0.25, -0.2) is 9.97 Å². The maximum atomic E-state index is 13.0. The first-order valence-electron chi connectivity index (χ1n) is 11.0. The van der Waals surface area contributed by atoms with Gasteiger partial charge in [0.2, 0.25) is 5.91 Å². The summed E-state index contributed by atoms with van der Waals surface area (Å²) in [7, 11) is 0. The van der Waals surface area contributed by atoms with Crippen molar-refractivity contribution in [3.8, 4) is 0 Å². The van der Waals surface area contributed by atoms with Gasteiger partial charge in [-0.05, 0) is 37.8 Å². The lowest BCUT2D eigenvalue weighted by Gasteiger charge is -2.33. The minimum absolute atomic E-state index is 0.00129. The predicted octanol–water partition coefficient (Wildman–Crippen LogP) is 4.43. The van der Waals surface area contributed by atoms with Gasteiger partial charge in [0.25, 0.3) is 0 Å². The molecule has 1 aliphatic heterocycles. The Labute approximate surface area is 170 Å². The van der Waals surface area contributed by atoms with Gasteiger partial charge in [0.1, 0.15) is 17.4 Å². The van der Waals surface area contributed by atoms with Crippen LogP contribution in [0.5, 0.6) is 0 Å². The molecule has 6 nitrogen and oxygen atoms in total. The zero-order valence-corrected chi connectivity index (χ0v) is 16.8. The SMILES string of the molecule is O=C(NC1CCCCCC1)[C@@H]1CCCN(c2ncnc3c2oc2ccccc23)C1. The van der Waals surface area contributed by atoms with Crippen LogP contribution >= 0.6 is 0 Å². The summed E-state index contributed by atoms with van der Waals surface area (Å²) in [6.07, 6.45) is 10.8. The molecule has 1 saturated heterocycles.